The van der Waals surface area contributed by atoms with Crippen LogP contribution in [0.15, 0.2) is 29.8 Å². The molecule has 0 aromatic heterocycles. The molecule has 0 heterocycles. The van der Waals surface area contributed by atoms with Gasteiger partial charge in [0.2, 0.25) is 0 Å². The van der Waals surface area contributed by atoms with E-state index in [0.29, 0.717) is 17.3 Å². The number of nitrogens with one attached hydrogen (secondary N) is 1. The first-order chi connectivity index (χ1) is 8.68. The summed E-state index contributed by atoms with van der Waals surface area (Å²) in [7, 11) is 0. The third-order valence-corrected chi connectivity index (χ3v) is 3.39. The maximum Gasteiger partial charge on any atom is 0.293 e. The summed E-state index contributed by atoms with van der Waals surface area (Å²) in [5.41, 5.74) is 1.88. The fourth-order valence-electron chi connectivity index (χ4n) is 2.15. The zero-order chi connectivity index (χ0) is 13.0. The van der Waals surface area contributed by atoms with Crippen molar-refractivity contribution in [1.29, 1.82) is 0 Å². The normalized spacial score (nSPS) is 14.4. The van der Waals surface area contributed by atoms with Crippen LogP contribution in [0.3, 0.4) is 0 Å². The largest absolute Gasteiger partial charge is 0.378 e. The third-order valence-electron chi connectivity index (χ3n) is 3.07. The Morgan fingerprint density at radius 3 is 2.94 bits per heavy atom. The van der Waals surface area contributed by atoms with Crippen LogP contribution in [-0.4, -0.2) is 11.5 Å². The highest BCUT2D eigenvalue weighted by Crippen LogP contribution is 2.32. The SMILES string of the molecule is O=[N+]([O-])c1cccc(Cl)c1NCCC1=CCCC1. The van der Waals surface area contributed by atoms with Crippen LogP contribution in [0.4, 0.5) is 11.4 Å². The van der Waals surface area contributed by atoms with Crippen LogP contribution in [0.2, 0.25) is 5.02 Å². The molecular weight excluding hydrogens is 252 g/mol. The van der Waals surface area contributed by atoms with Gasteiger partial charge >= 0.3 is 0 Å². The molecule has 2 rings (SSSR count). The van der Waals surface area contributed by atoms with Crippen molar-refractivity contribution in [3.63, 3.8) is 0 Å². The van der Waals surface area contributed by atoms with Crippen LogP contribution < -0.4 is 5.32 Å². The molecule has 5 heteroatoms. The van der Waals surface area contributed by atoms with Crippen LogP contribution in [0.5, 0.6) is 0 Å². The first-order valence-corrected chi connectivity index (χ1v) is 6.41. The average Bonchev–Trinajstić information content (AvgIpc) is 2.84. The lowest BCUT2D eigenvalue weighted by atomic mass is 10.1. The molecule has 4 nitrogen and oxygen atoms in total. The van der Waals surface area contributed by atoms with Gasteiger partial charge in [-0.15, -0.1) is 0 Å². The van der Waals surface area contributed by atoms with E-state index in [2.05, 4.69) is 11.4 Å². The van der Waals surface area contributed by atoms with Crippen molar-refractivity contribution in [3.8, 4) is 0 Å². The van der Waals surface area contributed by atoms with Crippen LogP contribution in [0, 0.1) is 10.1 Å². The molecule has 96 valence electrons. The summed E-state index contributed by atoms with van der Waals surface area (Å²) in [5.74, 6) is 0. The maximum absolute atomic E-state index is 10.9. The summed E-state index contributed by atoms with van der Waals surface area (Å²) in [4.78, 5) is 10.5. The molecule has 1 aromatic rings. The first kappa shape index (κ1) is 12.9. The molecule has 0 amide bonds. The number of halogens is 1. The number of hydrogen-bond donors (Lipinski definition) is 1. The maximum atomic E-state index is 10.9. The number of allylic oxidation sites excluding steroid dienone is 1. The Morgan fingerprint density at radius 1 is 1.44 bits per heavy atom. The van der Waals surface area contributed by atoms with Gasteiger partial charge in [0.15, 0.2) is 0 Å². The standard InChI is InChI=1S/C13H15ClN2O2/c14-11-6-3-7-12(16(17)18)13(11)15-9-8-10-4-1-2-5-10/h3-4,6-7,15H,1-2,5,8-9H2. The van der Waals surface area contributed by atoms with Gasteiger partial charge < -0.3 is 5.32 Å². The molecule has 0 aliphatic heterocycles. The highest BCUT2D eigenvalue weighted by molar-refractivity contribution is 6.33. The van der Waals surface area contributed by atoms with Gasteiger partial charge in [0.1, 0.15) is 5.69 Å². The number of anilines is 1. The molecule has 1 N–H and O–H groups in total. The molecule has 0 saturated carbocycles. The number of rotatable bonds is 5. The van der Waals surface area contributed by atoms with Crippen molar-refractivity contribution in [2.45, 2.75) is 25.7 Å². The van der Waals surface area contributed by atoms with Crippen LogP contribution in [-0.2, 0) is 0 Å². The number of nitro groups is 1. The van der Waals surface area contributed by atoms with E-state index in [4.69, 9.17) is 11.6 Å². The van der Waals surface area contributed by atoms with Crippen LogP contribution >= 0.6 is 11.6 Å². The number of nitrogens with zero attached hydrogens (tertiary/aromatic N) is 1. The van der Waals surface area contributed by atoms with Gasteiger partial charge in [0, 0.05) is 12.6 Å². The summed E-state index contributed by atoms with van der Waals surface area (Å²) < 4.78 is 0. The summed E-state index contributed by atoms with van der Waals surface area (Å²) >= 11 is 5.99. The lowest BCUT2D eigenvalue weighted by Gasteiger charge is -2.09. The molecule has 0 unspecified atom stereocenters. The van der Waals surface area contributed by atoms with Crippen LogP contribution in [0.1, 0.15) is 25.7 Å². The predicted octanol–water partition coefficient (Wildman–Crippen LogP) is 4.16. The topological polar surface area (TPSA) is 55.2 Å². The Bertz CT molecular complexity index is 486. The van der Waals surface area contributed by atoms with Crippen molar-refractivity contribution >= 4 is 23.0 Å². The second-order valence-corrected chi connectivity index (χ2v) is 4.73. The minimum atomic E-state index is -0.414. The number of nitro benzene ring substituents is 1. The number of para-hydroxylation sites is 1. The second kappa shape index (κ2) is 5.87. The molecule has 0 radical (unpaired) electrons. The summed E-state index contributed by atoms with van der Waals surface area (Å²) in [6.45, 7) is 0.677. The van der Waals surface area contributed by atoms with Crippen LogP contribution in [0.25, 0.3) is 0 Å². The second-order valence-electron chi connectivity index (χ2n) is 4.32. The third kappa shape index (κ3) is 3.01. The van der Waals surface area contributed by atoms with Gasteiger partial charge in [-0.3, -0.25) is 10.1 Å². The first-order valence-electron chi connectivity index (χ1n) is 6.03. The Morgan fingerprint density at radius 2 is 2.28 bits per heavy atom. The van der Waals surface area contributed by atoms with E-state index < -0.39 is 4.92 Å². The Hall–Kier alpha value is -1.55. The predicted molar refractivity (Wildman–Crippen MR) is 73.1 cm³/mol. The van der Waals surface area contributed by atoms with E-state index in [1.807, 2.05) is 0 Å². The minimum Gasteiger partial charge on any atom is -0.378 e. The summed E-state index contributed by atoms with van der Waals surface area (Å²) in [6.07, 6.45) is 6.69. The van der Waals surface area contributed by atoms with E-state index in [1.54, 1.807) is 12.1 Å². The molecule has 0 saturated heterocycles. The highest BCUT2D eigenvalue weighted by atomic mass is 35.5. The summed E-state index contributed by atoms with van der Waals surface area (Å²) in [5, 5.41) is 14.4. The van der Waals surface area contributed by atoms with E-state index in [-0.39, 0.29) is 5.69 Å². The molecule has 1 aromatic carbocycles. The molecular formula is C13H15ClN2O2. The van der Waals surface area contributed by atoms with Crippen molar-refractivity contribution in [2.24, 2.45) is 0 Å². The minimum absolute atomic E-state index is 0.0305. The number of hydrogen-bond acceptors (Lipinski definition) is 3. The van der Waals surface area contributed by atoms with Crippen molar-refractivity contribution in [1.82, 2.24) is 0 Å². The van der Waals surface area contributed by atoms with Gasteiger partial charge in [-0.05, 0) is 31.7 Å². The molecule has 0 atom stereocenters. The van der Waals surface area contributed by atoms with Gasteiger partial charge in [0.05, 0.1) is 9.95 Å². The fraction of sp³-hybridized carbons (Fsp3) is 0.385. The van der Waals surface area contributed by atoms with Crippen molar-refractivity contribution < 1.29 is 4.92 Å². The van der Waals surface area contributed by atoms with Gasteiger partial charge in [0.25, 0.3) is 5.69 Å². The number of benzene rings is 1. The molecule has 0 bridgehead atoms. The lowest BCUT2D eigenvalue weighted by Crippen LogP contribution is -2.05. The van der Waals surface area contributed by atoms with E-state index in [1.165, 1.54) is 18.1 Å². The zero-order valence-electron chi connectivity index (χ0n) is 9.99. The zero-order valence-corrected chi connectivity index (χ0v) is 10.7. The van der Waals surface area contributed by atoms with Crippen molar-refractivity contribution in [3.05, 3.63) is 45.0 Å². The Balaban J connectivity index is 2.01. The lowest BCUT2D eigenvalue weighted by molar-refractivity contribution is -0.383. The summed E-state index contributed by atoms with van der Waals surface area (Å²) in [6, 6.07) is 4.71. The monoisotopic (exact) mass is 266 g/mol. The average molecular weight is 267 g/mol. The van der Waals surface area contributed by atoms with Gasteiger partial charge in [-0.1, -0.05) is 29.3 Å². The van der Waals surface area contributed by atoms with Gasteiger partial charge in [-0.2, -0.15) is 0 Å². The van der Waals surface area contributed by atoms with E-state index >= 15 is 0 Å². The molecule has 0 spiro atoms. The van der Waals surface area contributed by atoms with E-state index in [9.17, 15) is 10.1 Å². The molecule has 0 fully saturated rings. The fourth-order valence-corrected chi connectivity index (χ4v) is 2.39. The smallest absolute Gasteiger partial charge is 0.293 e. The molecule has 1 aliphatic rings. The van der Waals surface area contributed by atoms with E-state index in [0.717, 1.165) is 19.3 Å². The molecule has 18 heavy (non-hydrogen) atoms. The molecule has 1 aliphatic carbocycles. The Kier molecular flexibility index (Phi) is 4.20. The Labute approximate surface area is 111 Å². The van der Waals surface area contributed by atoms with Crippen molar-refractivity contribution in [2.75, 3.05) is 11.9 Å². The van der Waals surface area contributed by atoms with Gasteiger partial charge in [-0.25, -0.2) is 0 Å². The quantitative estimate of drug-likeness (QED) is 0.495. The highest BCUT2D eigenvalue weighted by Gasteiger charge is 2.16.